The monoisotopic (exact) mass is 275 g/mol. The number of hydrogen-bond donors (Lipinski definition) is 2. The lowest BCUT2D eigenvalue weighted by Gasteiger charge is -2.30. The first kappa shape index (κ1) is 14.2. The van der Waals surface area contributed by atoms with Gasteiger partial charge in [0, 0.05) is 25.2 Å². The van der Waals surface area contributed by atoms with Gasteiger partial charge in [-0.2, -0.15) is 17.4 Å². The van der Waals surface area contributed by atoms with Gasteiger partial charge in [0.05, 0.1) is 0 Å². The smallest absolute Gasteiger partial charge is 0.279 e. The zero-order valence-corrected chi connectivity index (χ0v) is 12.0. The van der Waals surface area contributed by atoms with Crippen LogP contribution in [0.4, 0.5) is 0 Å². The van der Waals surface area contributed by atoms with E-state index in [0.29, 0.717) is 19.1 Å². The average molecular weight is 275 g/mol. The fraction of sp³-hybridized carbons (Fsp3) is 1.00. The molecule has 5 nitrogen and oxygen atoms in total. The maximum Gasteiger partial charge on any atom is 0.279 e. The highest BCUT2D eigenvalue weighted by molar-refractivity contribution is 7.87. The Hall–Kier alpha value is -0.170. The Labute approximate surface area is 110 Å². The molecule has 1 heterocycles. The maximum atomic E-state index is 12.1. The van der Waals surface area contributed by atoms with E-state index in [2.05, 4.69) is 17.0 Å². The lowest BCUT2D eigenvalue weighted by atomic mass is 9.92. The summed E-state index contributed by atoms with van der Waals surface area (Å²) in [6, 6.07) is 0.702. The number of rotatable bonds is 5. The molecule has 1 saturated carbocycles. The zero-order chi connectivity index (χ0) is 13.0. The topological polar surface area (TPSA) is 61.4 Å². The van der Waals surface area contributed by atoms with E-state index in [4.69, 9.17) is 0 Å². The van der Waals surface area contributed by atoms with Gasteiger partial charge in [0.2, 0.25) is 0 Å². The summed E-state index contributed by atoms with van der Waals surface area (Å²) in [5, 5.41) is 3.44. The van der Waals surface area contributed by atoms with Crippen molar-refractivity contribution in [2.75, 3.05) is 19.6 Å². The molecule has 0 radical (unpaired) electrons. The second-order valence-corrected chi connectivity index (χ2v) is 7.04. The Morgan fingerprint density at radius 1 is 1.06 bits per heavy atom. The van der Waals surface area contributed by atoms with Crippen molar-refractivity contribution >= 4 is 10.2 Å². The highest BCUT2D eigenvalue weighted by atomic mass is 32.2. The van der Waals surface area contributed by atoms with Gasteiger partial charge >= 0.3 is 0 Å². The summed E-state index contributed by atoms with van der Waals surface area (Å²) in [4.78, 5) is 0. The molecule has 0 aromatic heterocycles. The minimum absolute atomic E-state index is 0.130. The van der Waals surface area contributed by atoms with Crippen molar-refractivity contribution in [2.24, 2.45) is 0 Å². The first-order valence-corrected chi connectivity index (χ1v) is 8.56. The minimum atomic E-state index is -3.23. The van der Waals surface area contributed by atoms with Crippen molar-refractivity contribution in [3.05, 3.63) is 0 Å². The second kappa shape index (κ2) is 6.32. The molecule has 0 atom stereocenters. The third-order valence-corrected chi connectivity index (χ3v) is 5.62. The molecule has 0 aromatic rings. The van der Waals surface area contributed by atoms with E-state index in [0.717, 1.165) is 45.1 Å². The van der Waals surface area contributed by atoms with Crippen LogP contribution in [0.1, 0.15) is 45.4 Å². The Morgan fingerprint density at radius 2 is 1.61 bits per heavy atom. The van der Waals surface area contributed by atoms with Crippen LogP contribution in [-0.2, 0) is 10.2 Å². The van der Waals surface area contributed by atoms with E-state index < -0.39 is 10.2 Å². The van der Waals surface area contributed by atoms with Crippen LogP contribution in [-0.4, -0.2) is 44.4 Å². The molecule has 6 heteroatoms. The summed E-state index contributed by atoms with van der Waals surface area (Å²) < 4.78 is 28.7. The Kier molecular flexibility index (Phi) is 5.00. The molecular weight excluding hydrogens is 250 g/mol. The molecule has 1 aliphatic carbocycles. The summed E-state index contributed by atoms with van der Waals surface area (Å²) in [5.41, 5.74) is 0. The molecule has 0 unspecified atom stereocenters. The molecule has 18 heavy (non-hydrogen) atoms. The highest BCUT2D eigenvalue weighted by Crippen LogP contribution is 2.20. The zero-order valence-electron chi connectivity index (χ0n) is 11.2. The number of nitrogens with zero attached hydrogens (tertiary/aromatic N) is 1. The highest BCUT2D eigenvalue weighted by Gasteiger charge is 2.29. The summed E-state index contributed by atoms with van der Waals surface area (Å²) in [6.07, 6.45) is 6.03. The lowest BCUT2D eigenvalue weighted by Crippen LogP contribution is -2.47. The molecule has 2 aliphatic rings. The van der Waals surface area contributed by atoms with Gasteiger partial charge in [-0.05, 0) is 45.1 Å². The van der Waals surface area contributed by atoms with Gasteiger partial charge in [-0.3, -0.25) is 0 Å². The summed E-state index contributed by atoms with van der Waals surface area (Å²) >= 11 is 0. The van der Waals surface area contributed by atoms with E-state index in [9.17, 15) is 8.42 Å². The molecule has 0 spiro atoms. The van der Waals surface area contributed by atoms with Crippen molar-refractivity contribution in [1.82, 2.24) is 14.3 Å². The normalized spacial score (nSPS) is 30.7. The predicted molar refractivity (Wildman–Crippen MR) is 72.6 cm³/mol. The van der Waals surface area contributed by atoms with Gasteiger partial charge in [0.25, 0.3) is 10.2 Å². The van der Waals surface area contributed by atoms with Gasteiger partial charge in [-0.15, -0.1) is 0 Å². The molecule has 0 aromatic carbocycles. The van der Waals surface area contributed by atoms with Crippen LogP contribution in [0.5, 0.6) is 0 Å². The van der Waals surface area contributed by atoms with E-state index in [1.807, 2.05) is 0 Å². The Balaban J connectivity index is 1.80. The van der Waals surface area contributed by atoms with Crippen molar-refractivity contribution in [3.8, 4) is 0 Å². The Morgan fingerprint density at radius 3 is 2.17 bits per heavy atom. The van der Waals surface area contributed by atoms with Gasteiger partial charge in [-0.1, -0.05) is 6.92 Å². The summed E-state index contributed by atoms with van der Waals surface area (Å²) in [6.45, 7) is 4.47. The van der Waals surface area contributed by atoms with Gasteiger partial charge in [-0.25, -0.2) is 0 Å². The van der Waals surface area contributed by atoms with E-state index in [1.165, 1.54) is 0 Å². The number of nitrogens with one attached hydrogen (secondary N) is 2. The van der Waals surface area contributed by atoms with Crippen LogP contribution in [0.25, 0.3) is 0 Å². The van der Waals surface area contributed by atoms with Crippen molar-refractivity contribution in [3.63, 3.8) is 0 Å². The lowest BCUT2D eigenvalue weighted by molar-refractivity contribution is 0.328. The maximum absolute atomic E-state index is 12.1. The van der Waals surface area contributed by atoms with Crippen LogP contribution in [0.3, 0.4) is 0 Å². The summed E-state index contributed by atoms with van der Waals surface area (Å²) in [5.74, 6) is 0. The van der Waals surface area contributed by atoms with Crippen LogP contribution < -0.4 is 10.0 Å². The standard InChI is InChI=1S/C12H25N3O2S/c1-2-13-11-5-7-12(8-6-11)14-18(16,17)15-9-3-4-10-15/h11-14H,2-10H2,1H3. The second-order valence-electron chi connectivity index (χ2n) is 5.34. The molecule has 2 N–H and O–H groups in total. The molecular formula is C12H25N3O2S. The van der Waals surface area contributed by atoms with Crippen LogP contribution in [0.15, 0.2) is 0 Å². The van der Waals surface area contributed by atoms with Gasteiger partial charge in [0.15, 0.2) is 0 Å². The molecule has 2 fully saturated rings. The van der Waals surface area contributed by atoms with Crippen molar-refractivity contribution in [1.29, 1.82) is 0 Å². The van der Waals surface area contributed by atoms with Crippen molar-refractivity contribution < 1.29 is 8.42 Å². The molecule has 106 valence electrons. The largest absolute Gasteiger partial charge is 0.314 e. The fourth-order valence-corrected chi connectivity index (χ4v) is 4.46. The molecule has 0 bridgehead atoms. The third kappa shape index (κ3) is 3.66. The van der Waals surface area contributed by atoms with Crippen LogP contribution in [0.2, 0.25) is 0 Å². The van der Waals surface area contributed by atoms with Gasteiger partial charge < -0.3 is 5.32 Å². The molecule has 2 rings (SSSR count). The molecule has 0 amide bonds. The van der Waals surface area contributed by atoms with Gasteiger partial charge in [0.1, 0.15) is 0 Å². The molecule has 1 saturated heterocycles. The van der Waals surface area contributed by atoms with E-state index in [1.54, 1.807) is 4.31 Å². The van der Waals surface area contributed by atoms with E-state index >= 15 is 0 Å². The predicted octanol–water partition coefficient (Wildman–Crippen LogP) is 0.837. The average Bonchev–Trinajstić information content (AvgIpc) is 2.86. The van der Waals surface area contributed by atoms with E-state index in [-0.39, 0.29) is 6.04 Å². The fourth-order valence-electron chi connectivity index (χ4n) is 2.92. The minimum Gasteiger partial charge on any atom is -0.314 e. The Bertz CT molecular complexity index is 344. The van der Waals surface area contributed by atoms with Crippen LogP contribution in [0, 0.1) is 0 Å². The quantitative estimate of drug-likeness (QED) is 0.781. The molecule has 1 aliphatic heterocycles. The summed E-state index contributed by atoms with van der Waals surface area (Å²) in [7, 11) is -3.23. The SMILES string of the molecule is CCNC1CCC(NS(=O)(=O)N2CCCC2)CC1. The van der Waals surface area contributed by atoms with Crippen LogP contribution >= 0.6 is 0 Å². The third-order valence-electron chi connectivity index (χ3n) is 3.94. The first-order valence-electron chi connectivity index (χ1n) is 7.12. The first-order chi connectivity index (χ1) is 8.62. The number of hydrogen-bond acceptors (Lipinski definition) is 3. The van der Waals surface area contributed by atoms with Crippen molar-refractivity contribution in [2.45, 2.75) is 57.5 Å².